The summed E-state index contributed by atoms with van der Waals surface area (Å²) < 4.78 is 16.4. The van der Waals surface area contributed by atoms with Crippen molar-refractivity contribution >= 4 is 5.91 Å². The third-order valence-corrected chi connectivity index (χ3v) is 4.48. The van der Waals surface area contributed by atoms with Gasteiger partial charge in [-0.2, -0.15) is 0 Å². The van der Waals surface area contributed by atoms with Gasteiger partial charge in [-0.3, -0.25) is 9.69 Å². The third kappa shape index (κ3) is 5.09. The van der Waals surface area contributed by atoms with E-state index in [1.807, 2.05) is 39.8 Å². The molecule has 1 aliphatic heterocycles. The van der Waals surface area contributed by atoms with Crippen LogP contribution in [0.4, 0.5) is 0 Å². The summed E-state index contributed by atoms with van der Waals surface area (Å²) in [5.41, 5.74) is 2.08. The van der Waals surface area contributed by atoms with Crippen molar-refractivity contribution in [3.8, 4) is 11.5 Å². The molecule has 25 heavy (non-hydrogen) atoms. The highest BCUT2D eigenvalue weighted by atomic mass is 16.5. The Morgan fingerprint density at radius 3 is 2.36 bits per heavy atom. The van der Waals surface area contributed by atoms with Crippen LogP contribution >= 0.6 is 0 Å². The summed E-state index contributed by atoms with van der Waals surface area (Å²) in [5.74, 6) is 1.38. The first-order valence-electron chi connectivity index (χ1n) is 8.73. The van der Waals surface area contributed by atoms with E-state index in [-0.39, 0.29) is 24.2 Å². The van der Waals surface area contributed by atoms with Crippen molar-refractivity contribution in [2.45, 2.75) is 45.9 Å². The number of morpholine rings is 1. The molecule has 0 aliphatic carbocycles. The number of nitrogens with one attached hydrogen (secondary N) is 1. The molecule has 6 nitrogen and oxygen atoms in total. The lowest BCUT2D eigenvalue weighted by atomic mass is 10.0. The van der Waals surface area contributed by atoms with Crippen LogP contribution in [0, 0.1) is 6.92 Å². The van der Waals surface area contributed by atoms with Crippen LogP contribution in [0.3, 0.4) is 0 Å². The largest absolute Gasteiger partial charge is 0.493 e. The van der Waals surface area contributed by atoms with Crippen LogP contribution in [0.25, 0.3) is 0 Å². The molecule has 0 aromatic heterocycles. The van der Waals surface area contributed by atoms with Gasteiger partial charge in [0.15, 0.2) is 11.5 Å². The maximum Gasteiger partial charge on any atom is 0.234 e. The SMILES string of the molecule is COc1cc(C)c(C(C)NC(=O)CN2CC(C)OC(C)C2)cc1OC. The summed E-state index contributed by atoms with van der Waals surface area (Å²) >= 11 is 0. The van der Waals surface area contributed by atoms with Gasteiger partial charge in [0, 0.05) is 13.1 Å². The van der Waals surface area contributed by atoms with E-state index in [2.05, 4.69) is 10.2 Å². The molecule has 1 amide bonds. The van der Waals surface area contributed by atoms with Gasteiger partial charge in [-0.1, -0.05) is 0 Å². The molecule has 3 atom stereocenters. The average Bonchev–Trinajstić information content (AvgIpc) is 2.53. The number of aryl methyl sites for hydroxylation is 1. The van der Waals surface area contributed by atoms with Crippen LogP contribution in [0.1, 0.15) is 37.9 Å². The number of methoxy groups -OCH3 is 2. The first-order valence-corrected chi connectivity index (χ1v) is 8.73. The predicted molar refractivity (Wildman–Crippen MR) is 97.3 cm³/mol. The van der Waals surface area contributed by atoms with Crippen molar-refractivity contribution < 1.29 is 19.0 Å². The molecule has 2 rings (SSSR count). The highest BCUT2D eigenvalue weighted by molar-refractivity contribution is 5.78. The van der Waals surface area contributed by atoms with Gasteiger partial charge in [-0.05, 0) is 51.0 Å². The maximum atomic E-state index is 12.4. The number of benzene rings is 1. The van der Waals surface area contributed by atoms with Crippen molar-refractivity contribution in [3.63, 3.8) is 0 Å². The Balaban J connectivity index is 2.01. The quantitative estimate of drug-likeness (QED) is 0.853. The molecule has 0 bridgehead atoms. The van der Waals surface area contributed by atoms with E-state index in [1.54, 1.807) is 14.2 Å². The van der Waals surface area contributed by atoms with E-state index in [9.17, 15) is 4.79 Å². The van der Waals surface area contributed by atoms with E-state index in [0.717, 1.165) is 24.2 Å². The Labute approximate surface area is 150 Å². The lowest BCUT2D eigenvalue weighted by Crippen LogP contribution is -2.49. The van der Waals surface area contributed by atoms with Crippen LogP contribution in [0.15, 0.2) is 12.1 Å². The van der Waals surface area contributed by atoms with Crippen LogP contribution in [-0.2, 0) is 9.53 Å². The summed E-state index contributed by atoms with van der Waals surface area (Å²) in [6.45, 7) is 10.0. The molecule has 1 aromatic rings. The first-order chi connectivity index (χ1) is 11.8. The highest BCUT2D eigenvalue weighted by Crippen LogP contribution is 2.32. The number of rotatable bonds is 6. The second-order valence-electron chi connectivity index (χ2n) is 6.80. The van der Waals surface area contributed by atoms with E-state index in [0.29, 0.717) is 18.0 Å². The fourth-order valence-electron chi connectivity index (χ4n) is 3.44. The maximum absolute atomic E-state index is 12.4. The molecule has 1 saturated heterocycles. The third-order valence-electron chi connectivity index (χ3n) is 4.48. The molecular weight excluding hydrogens is 320 g/mol. The minimum atomic E-state index is -0.108. The van der Waals surface area contributed by atoms with Gasteiger partial charge in [-0.25, -0.2) is 0 Å². The molecule has 0 saturated carbocycles. The molecule has 1 fully saturated rings. The molecule has 6 heteroatoms. The zero-order chi connectivity index (χ0) is 18.6. The number of carbonyl (C=O) groups excluding carboxylic acids is 1. The second kappa shape index (κ2) is 8.54. The molecular formula is C19H30N2O4. The summed E-state index contributed by atoms with van der Waals surface area (Å²) in [7, 11) is 3.23. The summed E-state index contributed by atoms with van der Waals surface area (Å²) in [5, 5.41) is 3.08. The van der Waals surface area contributed by atoms with Crippen LogP contribution in [0.2, 0.25) is 0 Å². The monoisotopic (exact) mass is 350 g/mol. The molecule has 1 N–H and O–H groups in total. The summed E-state index contributed by atoms with van der Waals surface area (Å²) in [4.78, 5) is 14.6. The second-order valence-corrected chi connectivity index (χ2v) is 6.80. The number of amides is 1. The van der Waals surface area contributed by atoms with Crippen molar-refractivity contribution in [1.29, 1.82) is 0 Å². The zero-order valence-corrected chi connectivity index (χ0v) is 16.1. The fourth-order valence-corrected chi connectivity index (χ4v) is 3.44. The van der Waals surface area contributed by atoms with Crippen molar-refractivity contribution in [1.82, 2.24) is 10.2 Å². The van der Waals surface area contributed by atoms with E-state index < -0.39 is 0 Å². The van der Waals surface area contributed by atoms with Crippen LogP contribution in [-0.4, -0.2) is 56.9 Å². The van der Waals surface area contributed by atoms with Gasteiger partial charge < -0.3 is 19.5 Å². The predicted octanol–water partition coefficient (Wildman–Crippen LogP) is 2.30. The number of nitrogens with zero attached hydrogens (tertiary/aromatic N) is 1. The lowest BCUT2D eigenvalue weighted by molar-refractivity contribution is -0.126. The van der Waals surface area contributed by atoms with Crippen molar-refractivity contribution in [2.24, 2.45) is 0 Å². The molecule has 140 valence electrons. The Kier molecular flexibility index (Phi) is 6.67. The lowest BCUT2D eigenvalue weighted by Gasteiger charge is -2.35. The van der Waals surface area contributed by atoms with E-state index in [1.165, 1.54) is 0 Å². The van der Waals surface area contributed by atoms with Gasteiger partial charge in [0.1, 0.15) is 0 Å². The molecule has 1 aromatic carbocycles. The Bertz CT molecular complexity index is 595. The minimum Gasteiger partial charge on any atom is -0.493 e. The average molecular weight is 350 g/mol. The first kappa shape index (κ1) is 19.5. The van der Waals surface area contributed by atoms with Gasteiger partial charge in [0.2, 0.25) is 5.91 Å². The number of ether oxygens (including phenoxy) is 3. The van der Waals surface area contributed by atoms with Gasteiger partial charge >= 0.3 is 0 Å². The zero-order valence-electron chi connectivity index (χ0n) is 16.1. The van der Waals surface area contributed by atoms with Crippen LogP contribution in [0.5, 0.6) is 11.5 Å². The van der Waals surface area contributed by atoms with Crippen molar-refractivity contribution in [3.05, 3.63) is 23.3 Å². The number of carbonyl (C=O) groups is 1. The number of hydrogen-bond acceptors (Lipinski definition) is 5. The molecule has 0 radical (unpaired) electrons. The minimum absolute atomic E-state index is 0.0167. The molecule has 1 heterocycles. The topological polar surface area (TPSA) is 60.0 Å². The molecule has 0 spiro atoms. The Morgan fingerprint density at radius 2 is 1.80 bits per heavy atom. The van der Waals surface area contributed by atoms with E-state index in [4.69, 9.17) is 14.2 Å². The van der Waals surface area contributed by atoms with Gasteiger partial charge in [-0.15, -0.1) is 0 Å². The highest BCUT2D eigenvalue weighted by Gasteiger charge is 2.24. The Morgan fingerprint density at radius 1 is 1.24 bits per heavy atom. The molecule has 3 unspecified atom stereocenters. The fraction of sp³-hybridized carbons (Fsp3) is 0.632. The normalized spacial score (nSPS) is 22.3. The van der Waals surface area contributed by atoms with Crippen LogP contribution < -0.4 is 14.8 Å². The summed E-state index contributed by atoms with van der Waals surface area (Å²) in [6, 6.07) is 3.75. The smallest absolute Gasteiger partial charge is 0.234 e. The standard InChI is InChI=1S/C19H30N2O4/c1-12-7-17(23-5)18(24-6)8-16(12)15(4)20-19(22)11-21-9-13(2)25-14(3)10-21/h7-8,13-15H,9-11H2,1-6H3,(H,20,22). The van der Waals surface area contributed by atoms with E-state index >= 15 is 0 Å². The number of hydrogen-bond donors (Lipinski definition) is 1. The summed E-state index contributed by atoms with van der Waals surface area (Å²) in [6.07, 6.45) is 0.309. The van der Waals surface area contributed by atoms with Gasteiger partial charge in [0.25, 0.3) is 0 Å². The van der Waals surface area contributed by atoms with Crippen molar-refractivity contribution in [2.75, 3.05) is 33.9 Å². The van der Waals surface area contributed by atoms with Gasteiger partial charge in [0.05, 0.1) is 39.0 Å². The Hall–Kier alpha value is -1.79. The molecule has 1 aliphatic rings.